The zero-order valence-corrected chi connectivity index (χ0v) is 9.97. The van der Waals surface area contributed by atoms with Crippen molar-refractivity contribution in [2.24, 2.45) is 0 Å². The Balaban J connectivity index is 2.38. The van der Waals surface area contributed by atoms with Gasteiger partial charge in [-0.25, -0.2) is 9.97 Å². The zero-order chi connectivity index (χ0) is 11.1. The lowest BCUT2D eigenvalue weighted by atomic mass is 10.4. The van der Waals surface area contributed by atoms with Crippen LogP contribution in [-0.2, 0) is 0 Å². The van der Waals surface area contributed by atoms with Gasteiger partial charge in [0.25, 0.3) is 0 Å². The van der Waals surface area contributed by atoms with Gasteiger partial charge in [-0.1, -0.05) is 0 Å². The van der Waals surface area contributed by atoms with Gasteiger partial charge in [0, 0.05) is 6.20 Å². The molecule has 3 rings (SSSR count). The summed E-state index contributed by atoms with van der Waals surface area (Å²) in [4.78, 5) is 8.59. The van der Waals surface area contributed by atoms with E-state index in [2.05, 4.69) is 31.0 Å². The van der Waals surface area contributed by atoms with Crippen molar-refractivity contribution in [3.63, 3.8) is 0 Å². The van der Waals surface area contributed by atoms with Crippen LogP contribution in [0, 0.1) is 6.92 Å². The predicted molar refractivity (Wildman–Crippen MR) is 60.9 cm³/mol. The second kappa shape index (κ2) is 3.41. The van der Waals surface area contributed by atoms with Crippen LogP contribution in [0.1, 0.15) is 5.82 Å². The standard InChI is InChI=1S/C10H7BrN4O/c1-6-13-9-7(11)5-12-10(15(9)14-6)8-3-2-4-16-8/h2-5H,1H3. The number of nitrogens with zero attached hydrogens (tertiary/aromatic N) is 4. The lowest BCUT2D eigenvalue weighted by Crippen LogP contribution is -1.97. The van der Waals surface area contributed by atoms with E-state index in [1.54, 1.807) is 17.0 Å². The molecule has 0 aliphatic carbocycles. The third-order valence-electron chi connectivity index (χ3n) is 2.17. The highest BCUT2D eigenvalue weighted by atomic mass is 79.9. The molecule has 5 nitrogen and oxygen atoms in total. The molecule has 0 aliphatic rings. The fraction of sp³-hybridized carbons (Fsp3) is 0.100. The number of aromatic nitrogens is 4. The SMILES string of the molecule is Cc1nc2c(Br)cnc(-c3ccco3)n2n1. The molecule has 0 N–H and O–H groups in total. The van der Waals surface area contributed by atoms with Crippen LogP contribution in [0.15, 0.2) is 33.5 Å². The molecule has 3 heterocycles. The Morgan fingerprint density at radius 3 is 3.06 bits per heavy atom. The van der Waals surface area contributed by atoms with E-state index in [-0.39, 0.29) is 0 Å². The van der Waals surface area contributed by atoms with Crippen LogP contribution < -0.4 is 0 Å². The molecular formula is C10H7BrN4O. The van der Waals surface area contributed by atoms with Gasteiger partial charge in [-0.2, -0.15) is 4.52 Å². The lowest BCUT2D eigenvalue weighted by Gasteiger charge is -2.00. The summed E-state index contributed by atoms with van der Waals surface area (Å²) in [5, 5.41) is 4.28. The number of halogens is 1. The zero-order valence-electron chi connectivity index (χ0n) is 8.38. The van der Waals surface area contributed by atoms with Crippen molar-refractivity contribution < 1.29 is 4.42 Å². The van der Waals surface area contributed by atoms with Crippen molar-refractivity contribution in [1.29, 1.82) is 0 Å². The summed E-state index contributed by atoms with van der Waals surface area (Å²) in [6.07, 6.45) is 3.30. The van der Waals surface area contributed by atoms with Crippen molar-refractivity contribution in [3.05, 3.63) is 34.9 Å². The summed E-state index contributed by atoms with van der Waals surface area (Å²) in [6.45, 7) is 1.84. The van der Waals surface area contributed by atoms with E-state index < -0.39 is 0 Å². The first-order valence-corrected chi connectivity index (χ1v) is 5.47. The Kier molecular flexibility index (Phi) is 2.03. The summed E-state index contributed by atoms with van der Waals surface area (Å²) >= 11 is 3.39. The molecule has 6 heteroatoms. The monoisotopic (exact) mass is 278 g/mol. The third-order valence-corrected chi connectivity index (χ3v) is 2.73. The molecule has 0 spiro atoms. The number of aryl methyl sites for hydroxylation is 1. The van der Waals surface area contributed by atoms with Gasteiger partial charge in [-0.05, 0) is 35.0 Å². The number of rotatable bonds is 1. The van der Waals surface area contributed by atoms with E-state index in [0.717, 1.165) is 10.1 Å². The molecule has 0 radical (unpaired) electrons. The van der Waals surface area contributed by atoms with Crippen molar-refractivity contribution in [2.45, 2.75) is 6.92 Å². The highest BCUT2D eigenvalue weighted by molar-refractivity contribution is 9.10. The van der Waals surface area contributed by atoms with Crippen LogP contribution in [0.25, 0.3) is 17.2 Å². The smallest absolute Gasteiger partial charge is 0.199 e. The minimum Gasteiger partial charge on any atom is -0.461 e. The molecule has 0 bridgehead atoms. The molecule has 0 amide bonds. The maximum absolute atomic E-state index is 5.31. The summed E-state index contributed by atoms with van der Waals surface area (Å²) in [6, 6.07) is 3.65. The average Bonchev–Trinajstić information content (AvgIpc) is 2.87. The molecule has 0 aliphatic heterocycles. The number of hydrogen-bond donors (Lipinski definition) is 0. The van der Waals surface area contributed by atoms with E-state index in [0.29, 0.717) is 17.4 Å². The second-order valence-electron chi connectivity index (χ2n) is 3.30. The highest BCUT2D eigenvalue weighted by Crippen LogP contribution is 2.22. The molecule has 80 valence electrons. The first kappa shape index (κ1) is 9.53. The predicted octanol–water partition coefficient (Wildman–Crippen LogP) is 2.46. The number of fused-ring (bicyclic) bond motifs is 1. The molecule has 3 aromatic heterocycles. The summed E-state index contributed by atoms with van der Waals surface area (Å²) in [7, 11) is 0. The van der Waals surface area contributed by atoms with E-state index in [9.17, 15) is 0 Å². The van der Waals surface area contributed by atoms with Crippen LogP contribution in [0.2, 0.25) is 0 Å². The maximum atomic E-state index is 5.31. The van der Waals surface area contributed by atoms with E-state index in [4.69, 9.17) is 4.42 Å². The van der Waals surface area contributed by atoms with Gasteiger partial charge < -0.3 is 4.42 Å². The Morgan fingerprint density at radius 1 is 1.44 bits per heavy atom. The first-order valence-electron chi connectivity index (χ1n) is 4.67. The Bertz CT molecular complexity index is 644. The van der Waals surface area contributed by atoms with Gasteiger partial charge in [-0.3, -0.25) is 0 Å². The number of hydrogen-bond acceptors (Lipinski definition) is 4. The van der Waals surface area contributed by atoms with Gasteiger partial charge in [0.1, 0.15) is 5.82 Å². The van der Waals surface area contributed by atoms with Crippen molar-refractivity contribution in [1.82, 2.24) is 19.6 Å². The van der Waals surface area contributed by atoms with Crippen LogP contribution in [0.4, 0.5) is 0 Å². The van der Waals surface area contributed by atoms with Crippen LogP contribution in [-0.4, -0.2) is 19.6 Å². The molecule has 0 atom stereocenters. The van der Waals surface area contributed by atoms with E-state index >= 15 is 0 Å². The van der Waals surface area contributed by atoms with Crippen molar-refractivity contribution in [3.8, 4) is 11.6 Å². The summed E-state index contributed by atoms with van der Waals surface area (Å²) < 4.78 is 7.78. The maximum Gasteiger partial charge on any atom is 0.199 e. The van der Waals surface area contributed by atoms with Gasteiger partial charge in [0.2, 0.25) is 0 Å². The summed E-state index contributed by atoms with van der Waals surface area (Å²) in [5.41, 5.74) is 0.735. The van der Waals surface area contributed by atoms with Gasteiger partial charge in [-0.15, -0.1) is 5.10 Å². The quantitative estimate of drug-likeness (QED) is 0.686. The fourth-order valence-electron chi connectivity index (χ4n) is 1.52. The minimum absolute atomic E-state index is 0.642. The third kappa shape index (κ3) is 1.34. The molecule has 0 fully saturated rings. The Morgan fingerprint density at radius 2 is 2.31 bits per heavy atom. The normalized spacial score (nSPS) is 11.1. The molecule has 0 aromatic carbocycles. The van der Waals surface area contributed by atoms with Gasteiger partial charge >= 0.3 is 0 Å². The topological polar surface area (TPSA) is 56.2 Å². The average molecular weight is 279 g/mol. The first-order chi connectivity index (χ1) is 7.75. The second-order valence-corrected chi connectivity index (χ2v) is 4.16. The molecule has 0 saturated carbocycles. The molecule has 3 aromatic rings. The van der Waals surface area contributed by atoms with Crippen LogP contribution in [0.3, 0.4) is 0 Å². The molecule has 0 unspecified atom stereocenters. The molecule has 16 heavy (non-hydrogen) atoms. The van der Waals surface area contributed by atoms with E-state index in [1.165, 1.54) is 0 Å². The molecular weight excluding hydrogens is 272 g/mol. The van der Waals surface area contributed by atoms with Crippen molar-refractivity contribution >= 4 is 21.6 Å². The Labute approximate surface area is 99.3 Å². The van der Waals surface area contributed by atoms with Gasteiger partial charge in [0.05, 0.1) is 10.7 Å². The highest BCUT2D eigenvalue weighted by Gasteiger charge is 2.12. The lowest BCUT2D eigenvalue weighted by molar-refractivity contribution is 0.574. The van der Waals surface area contributed by atoms with Crippen molar-refractivity contribution in [2.75, 3.05) is 0 Å². The molecule has 0 saturated heterocycles. The van der Waals surface area contributed by atoms with Crippen LogP contribution >= 0.6 is 15.9 Å². The fourth-order valence-corrected chi connectivity index (χ4v) is 1.88. The largest absolute Gasteiger partial charge is 0.461 e. The van der Waals surface area contributed by atoms with Gasteiger partial charge in [0.15, 0.2) is 17.2 Å². The van der Waals surface area contributed by atoms with Crippen LogP contribution in [0.5, 0.6) is 0 Å². The Hall–Kier alpha value is -1.69. The number of furan rings is 1. The van der Waals surface area contributed by atoms with E-state index in [1.807, 2.05) is 19.1 Å². The summed E-state index contributed by atoms with van der Waals surface area (Å²) in [5.74, 6) is 2.01. The minimum atomic E-state index is 0.642.